The summed E-state index contributed by atoms with van der Waals surface area (Å²) < 4.78 is 26.3. The first kappa shape index (κ1) is 21.1. The standard InChI is InChI=1S/C13H15ClN6O5S2/c14-8-2-1-3-9(6-8)17-12(18-22)11-13(20-25-19-11)26-5-4-16-10(21)7-27(15,23)24/h1-3,6,22H,4-5,7H2,(H,16,21)(H,17,18)(H2,15,23,24). The van der Waals surface area contributed by atoms with Crippen molar-refractivity contribution in [1.82, 2.24) is 21.1 Å². The van der Waals surface area contributed by atoms with Crippen LogP contribution in [0.25, 0.3) is 0 Å². The van der Waals surface area contributed by atoms with Gasteiger partial charge in [-0.3, -0.25) is 15.5 Å². The SMILES string of the molecule is NS(=O)(=O)CC(=O)NCCSc1nonc1C(=Nc1cccc(Cl)c1)NO. The summed E-state index contributed by atoms with van der Waals surface area (Å²) in [5.41, 5.74) is 2.55. The number of sulfonamides is 1. The number of hydrogen-bond donors (Lipinski definition) is 4. The van der Waals surface area contributed by atoms with E-state index in [9.17, 15) is 18.4 Å². The summed E-state index contributed by atoms with van der Waals surface area (Å²) in [6.45, 7) is 0.151. The van der Waals surface area contributed by atoms with E-state index in [4.69, 9.17) is 16.7 Å². The van der Waals surface area contributed by atoms with Gasteiger partial charge in [0.1, 0.15) is 5.75 Å². The second-order valence-electron chi connectivity index (χ2n) is 4.98. The predicted octanol–water partition coefficient (Wildman–Crippen LogP) is 0.277. The number of amides is 1. The van der Waals surface area contributed by atoms with E-state index in [1.165, 1.54) is 0 Å². The molecule has 2 aromatic rings. The molecule has 0 bridgehead atoms. The Bertz CT molecular complexity index is 933. The van der Waals surface area contributed by atoms with E-state index >= 15 is 0 Å². The van der Waals surface area contributed by atoms with Crippen LogP contribution in [-0.4, -0.2) is 53.7 Å². The maximum atomic E-state index is 11.4. The molecule has 0 fully saturated rings. The van der Waals surface area contributed by atoms with Gasteiger partial charge in [-0.1, -0.05) is 29.4 Å². The first-order chi connectivity index (χ1) is 12.8. The Labute approximate surface area is 163 Å². The minimum Gasteiger partial charge on any atom is -0.354 e. The van der Waals surface area contributed by atoms with Crippen LogP contribution < -0.4 is 15.9 Å². The quantitative estimate of drug-likeness (QED) is 0.149. The highest BCUT2D eigenvalue weighted by atomic mass is 35.5. The highest BCUT2D eigenvalue weighted by molar-refractivity contribution is 7.99. The van der Waals surface area contributed by atoms with Gasteiger partial charge in [-0.25, -0.2) is 23.2 Å². The van der Waals surface area contributed by atoms with Gasteiger partial charge in [0.2, 0.25) is 15.9 Å². The average Bonchev–Trinajstić information content (AvgIpc) is 3.03. The topological polar surface area (TPSA) is 173 Å². The zero-order valence-corrected chi connectivity index (χ0v) is 16.0. The van der Waals surface area contributed by atoms with Crippen molar-refractivity contribution in [2.24, 2.45) is 10.1 Å². The molecule has 0 saturated heterocycles. The third kappa shape index (κ3) is 7.15. The van der Waals surface area contributed by atoms with Gasteiger partial charge in [-0.2, -0.15) is 0 Å². The van der Waals surface area contributed by atoms with Crippen LogP contribution in [0, 0.1) is 0 Å². The number of aliphatic imine (C=N–C) groups is 1. The van der Waals surface area contributed by atoms with Crippen LogP contribution in [0.3, 0.4) is 0 Å². The second kappa shape index (κ2) is 9.66. The summed E-state index contributed by atoms with van der Waals surface area (Å²) in [5.74, 6) is -1.19. The molecule has 0 saturated carbocycles. The van der Waals surface area contributed by atoms with Crippen molar-refractivity contribution in [3.8, 4) is 0 Å². The molecule has 14 heteroatoms. The largest absolute Gasteiger partial charge is 0.354 e. The zero-order chi connectivity index (χ0) is 19.9. The Morgan fingerprint density at radius 2 is 2.19 bits per heavy atom. The number of nitrogens with one attached hydrogen (secondary N) is 2. The molecule has 1 heterocycles. The number of carbonyl (C=O) groups is 1. The lowest BCUT2D eigenvalue weighted by Gasteiger charge is -2.05. The summed E-state index contributed by atoms with van der Waals surface area (Å²) in [6, 6.07) is 6.62. The van der Waals surface area contributed by atoms with Crippen LogP contribution in [0.2, 0.25) is 5.02 Å². The van der Waals surface area contributed by atoms with Crippen LogP contribution in [0.1, 0.15) is 5.69 Å². The maximum Gasteiger partial charge on any atom is 0.236 e. The monoisotopic (exact) mass is 434 g/mol. The molecule has 146 valence electrons. The van der Waals surface area contributed by atoms with Crippen LogP contribution >= 0.6 is 23.4 Å². The second-order valence-corrected chi connectivity index (χ2v) is 8.11. The Balaban J connectivity index is 1.99. The molecule has 0 radical (unpaired) electrons. The number of carbonyl (C=O) groups excluding carboxylic acids is 1. The van der Waals surface area contributed by atoms with Crippen molar-refractivity contribution in [3.63, 3.8) is 0 Å². The normalized spacial score (nSPS) is 12.0. The van der Waals surface area contributed by atoms with Gasteiger partial charge >= 0.3 is 0 Å². The smallest absolute Gasteiger partial charge is 0.236 e. The number of primary sulfonamides is 1. The molecular formula is C13H15ClN6O5S2. The maximum absolute atomic E-state index is 11.4. The molecule has 0 aliphatic heterocycles. The fraction of sp³-hybridized carbons (Fsp3) is 0.231. The Hall–Kier alpha value is -2.19. The van der Waals surface area contributed by atoms with Crippen molar-refractivity contribution in [2.75, 3.05) is 18.1 Å². The Kier molecular flexibility index (Phi) is 7.55. The van der Waals surface area contributed by atoms with E-state index in [0.717, 1.165) is 11.8 Å². The number of hydrogen-bond acceptors (Lipinski definition) is 9. The highest BCUT2D eigenvalue weighted by Crippen LogP contribution is 2.22. The van der Waals surface area contributed by atoms with Crippen molar-refractivity contribution < 1.29 is 23.0 Å². The third-order valence-electron chi connectivity index (χ3n) is 2.83. The molecule has 0 aliphatic carbocycles. The van der Waals surface area contributed by atoms with E-state index in [1.807, 2.05) is 5.48 Å². The fourth-order valence-corrected chi connectivity index (χ4v) is 3.20. The number of nitrogens with two attached hydrogens (primary N) is 1. The number of aromatic nitrogens is 2. The van der Waals surface area contributed by atoms with Crippen LogP contribution in [0.15, 0.2) is 38.9 Å². The third-order valence-corrected chi connectivity index (χ3v) is 4.68. The van der Waals surface area contributed by atoms with Crippen molar-refractivity contribution >= 4 is 50.8 Å². The molecule has 0 aliphatic rings. The van der Waals surface area contributed by atoms with Crippen LogP contribution in [0.5, 0.6) is 0 Å². The molecule has 5 N–H and O–H groups in total. The van der Waals surface area contributed by atoms with Gasteiger partial charge in [0, 0.05) is 17.3 Å². The number of thioether (sulfide) groups is 1. The number of hydroxylamine groups is 1. The number of rotatable bonds is 8. The van der Waals surface area contributed by atoms with Gasteiger partial charge in [-0.15, -0.1) is 0 Å². The number of nitrogens with zero attached hydrogens (tertiary/aromatic N) is 3. The number of halogens is 1. The average molecular weight is 435 g/mol. The Morgan fingerprint density at radius 3 is 2.85 bits per heavy atom. The zero-order valence-electron chi connectivity index (χ0n) is 13.6. The molecule has 11 nitrogen and oxygen atoms in total. The van der Waals surface area contributed by atoms with E-state index in [-0.39, 0.29) is 18.1 Å². The van der Waals surface area contributed by atoms with Gasteiger partial charge in [-0.05, 0) is 28.5 Å². The molecule has 0 spiro atoms. The van der Waals surface area contributed by atoms with Crippen LogP contribution in [-0.2, 0) is 14.8 Å². The summed E-state index contributed by atoms with van der Waals surface area (Å²) in [5, 5.41) is 24.7. The first-order valence-electron chi connectivity index (χ1n) is 7.26. The van der Waals surface area contributed by atoms with E-state index in [1.54, 1.807) is 24.3 Å². The van der Waals surface area contributed by atoms with E-state index < -0.39 is 21.7 Å². The number of amidine groups is 1. The van der Waals surface area contributed by atoms with Gasteiger partial charge < -0.3 is 5.32 Å². The number of benzene rings is 1. The predicted molar refractivity (Wildman–Crippen MR) is 98.6 cm³/mol. The van der Waals surface area contributed by atoms with Crippen LogP contribution in [0.4, 0.5) is 5.69 Å². The summed E-state index contributed by atoms with van der Waals surface area (Å²) in [6.07, 6.45) is 0. The fourth-order valence-electron chi connectivity index (χ4n) is 1.80. The van der Waals surface area contributed by atoms with Gasteiger partial charge in [0.15, 0.2) is 16.6 Å². The molecular weight excluding hydrogens is 420 g/mol. The molecule has 27 heavy (non-hydrogen) atoms. The van der Waals surface area contributed by atoms with Crippen molar-refractivity contribution in [2.45, 2.75) is 5.03 Å². The van der Waals surface area contributed by atoms with Gasteiger partial charge in [0.25, 0.3) is 0 Å². The minimum atomic E-state index is -3.88. The lowest BCUT2D eigenvalue weighted by molar-refractivity contribution is -0.118. The molecule has 1 amide bonds. The minimum absolute atomic E-state index is 0.0146. The summed E-state index contributed by atoms with van der Waals surface area (Å²) in [7, 11) is -3.88. The lowest BCUT2D eigenvalue weighted by Crippen LogP contribution is -2.34. The molecule has 2 rings (SSSR count). The molecule has 0 atom stereocenters. The summed E-state index contributed by atoms with van der Waals surface area (Å²) >= 11 is 7.05. The molecule has 1 aromatic heterocycles. The highest BCUT2D eigenvalue weighted by Gasteiger charge is 2.17. The van der Waals surface area contributed by atoms with Crippen molar-refractivity contribution in [1.29, 1.82) is 0 Å². The molecule has 0 unspecified atom stereocenters. The van der Waals surface area contributed by atoms with Crippen molar-refractivity contribution in [3.05, 3.63) is 35.0 Å². The van der Waals surface area contributed by atoms with E-state index in [2.05, 4.69) is 25.3 Å². The van der Waals surface area contributed by atoms with E-state index in [0.29, 0.717) is 21.5 Å². The first-order valence-corrected chi connectivity index (χ1v) is 10.3. The van der Waals surface area contributed by atoms with Gasteiger partial charge in [0.05, 0.1) is 5.69 Å². The molecule has 1 aromatic carbocycles. The Morgan fingerprint density at radius 1 is 1.41 bits per heavy atom. The summed E-state index contributed by atoms with van der Waals surface area (Å²) in [4.78, 5) is 15.6. The lowest BCUT2D eigenvalue weighted by atomic mass is 10.3.